The van der Waals surface area contributed by atoms with E-state index in [0.717, 1.165) is 29.7 Å². The van der Waals surface area contributed by atoms with Gasteiger partial charge in [0.05, 0.1) is 23.2 Å². The minimum atomic E-state index is -0.443. The van der Waals surface area contributed by atoms with Crippen molar-refractivity contribution in [3.8, 4) is 0 Å². The molecular formula is C20H24N4O3. The van der Waals surface area contributed by atoms with Crippen molar-refractivity contribution in [1.82, 2.24) is 20.3 Å². The minimum Gasteiger partial charge on any atom is -0.461 e. The van der Waals surface area contributed by atoms with Crippen molar-refractivity contribution in [3.63, 3.8) is 0 Å². The Balaban J connectivity index is 1.57. The first-order valence-corrected chi connectivity index (χ1v) is 9.09. The number of hydrogen-bond donors (Lipinski definition) is 3. The molecule has 142 valence electrons. The monoisotopic (exact) mass is 368 g/mol. The van der Waals surface area contributed by atoms with E-state index in [2.05, 4.69) is 20.3 Å². The third-order valence-electron chi connectivity index (χ3n) is 4.46. The molecule has 3 rings (SSSR count). The van der Waals surface area contributed by atoms with Crippen LogP contribution in [0.2, 0.25) is 0 Å². The van der Waals surface area contributed by atoms with Gasteiger partial charge in [-0.25, -0.2) is 9.78 Å². The maximum Gasteiger partial charge on any atom is 0.355 e. The molecule has 0 spiro atoms. The summed E-state index contributed by atoms with van der Waals surface area (Å²) in [6, 6.07) is 7.89. The SMILES string of the molecule is CCOC(=O)c1[nH]c(C)c(C(=O)NCCCc2nc3ccccc3[nH]2)c1C. The van der Waals surface area contributed by atoms with Crippen LogP contribution in [0, 0.1) is 13.8 Å². The standard InChI is InChI=1S/C20H24N4O3/c1-4-27-20(26)18-12(2)17(13(3)22-18)19(25)21-11-7-10-16-23-14-8-5-6-9-15(14)24-16/h5-6,8-9,22H,4,7,10-11H2,1-3H3,(H,21,25)(H,23,24). The van der Waals surface area contributed by atoms with Gasteiger partial charge in [-0.1, -0.05) is 12.1 Å². The van der Waals surface area contributed by atoms with Crippen molar-refractivity contribution in [3.05, 3.63) is 52.6 Å². The molecule has 7 heteroatoms. The number of fused-ring (bicyclic) bond motifs is 1. The molecule has 0 saturated heterocycles. The lowest BCUT2D eigenvalue weighted by atomic mass is 10.1. The maximum absolute atomic E-state index is 12.5. The molecule has 0 aliphatic carbocycles. The summed E-state index contributed by atoms with van der Waals surface area (Å²) >= 11 is 0. The molecule has 0 radical (unpaired) electrons. The number of imidazole rings is 1. The lowest BCUT2D eigenvalue weighted by Crippen LogP contribution is -2.26. The highest BCUT2D eigenvalue weighted by Crippen LogP contribution is 2.19. The van der Waals surface area contributed by atoms with Crippen LogP contribution in [0.5, 0.6) is 0 Å². The average molecular weight is 368 g/mol. The van der Waals surface area contributed by atoms with Crippen molar-refractivity contribution >= 4 is 22.9 Å². The van der Waals surface area contributed by atoms with Crippen LogP contribution in [0.25, 0.3) is 11.0 Å². The van der Waals surface area contributed by atoms with E-state index in [9.17, 15) is 9.59 Å². The van der Waals surface area contributed by atoms with Crippen molar-refractivity contribution in [2.45, 2.75) is 33.6 Å². The second-order valence-electron chi connectivity index (χ2n) is 6.41. The van der Waals surface area contributed by atoms with Gasteiger partial charge in [0, 0.05) is 18.7 Å². The van der Waals surface area contributed by atoms with E-state index < -0.39 is 5.97 Å². The topological polar surface area (TPSA) is 99.9 Å². The van der Waals surface area contributed by atoms with E-state index in [1.807, 2.05) is 24.3 Å². The summed E-state index contributed by atoms with van der Waals surface area (Å²) in [6.45, 7) is 6.09. The number of ether oxygens (including phenoxy) is 1. The Kier molecular flexibility index (Phi) is 5.59. The first-order valence-electron chi connectivity index (χ1n) is 9.09. The number of rotatable bonds is 7. The van der Waals surface area contributed by atoms with Crippen molar-refractivity contribution in [1.29, 1.82) is 0 Å². The van der Waals surface area contributed by atoms with Gasteiger partial charge in [-0.3, -0.25) is 4.79 Å². The lowest BCUT2D eigenvalue weighted by molar-refractivity contribution is 0.0519. The summed E-state index contributed by atoms with van der Waals surface area (Å²) in [7, 11) is 0. The number of amides is 1. The van der Waals surface area contributed by atoms with E-state index in [0.29, 0.717) is 35.7 Å². The van der Waals surface area contributed by atoms with Gasteiger partial charge in [-0.2, -0.15) is 0 Å². The Bertz CT molecular complexity index is 938. The number of nitrogens with one attached hydrogen (secondary N) is 3. The molecule has 1 aromatic carbocycles. The van der Waals surface area contributed by atoms with Crippen LogP contribution in [0.15, 0.2) is 24.3 Å². The molecule has 0 bridgehead atoms. The zero-order valence-electron chi connectivity index (χ0n) is 15.8. The van der Waals surface area contributed by atoms with Gasteiger partial charge < -0.3 is 20.0 Å². The predicted molar refractivity (Wildman–Crippen MR) is 103 cm³/mol. The zero-order valence-corrected chi connectivity index (χ0v) is 15.8. The Hall–Kier alpha value is -3.09. The molecule has 3 N–H and O–H groups in total. The molecule has 0 saturated carbocycles. The van der Waals surface area contributed by atoms with Gasteiger partial charge in [-0.15, -0.1) is 0 Å². The van der Waals surface area contributed by atoms with Crippen LogP contribution in [0.1, 0.15) is 51.3 Å². The number of para-hydroxylation sites is 2. The van der Waals surface area contributed by atoms with Crippen LogP contribution in [-0.4, -0.2) is 40.0 Å². The van der Waals surface area contributed by atoms with Crippen LogP contribution < -0.4 is 5.32 Å². The normalized spacial score (nSPS) is 10.9. The highest BCUT2D eigenvalue weighted by Gasteiger charge is 2.22. The molecule has 27 heavy (non-hydrogen) atoms. The number of aromatic amines is 2. The Morgan fingerprint density at radius 2 is 1.96 bits per heavy atom. The van der Waals surface area contributed by atoms with Gasteiger partial charge in [0.25, 0.3) is 5.91 Å². The fourth-order valence-electron chi connectivity index (χ4n) is 3.17. The predicted octanol–water partition coefficient (Wildman–Crippen LogP) is 3.05. The number of nitrogens with zero attached hydrogens (tertiary/aromatic N) is 1. The minimum absolute atomic E-state index is 0.193. The highest BCUT2D eigenvalue weighted by atomic mass is 16.5. The number of hydrogen-bond acceptors (Lipinski definition) is 4. The number of carbonyl (C=O) groups is 2. The molecule has 2 aromatic heterocycles. The lowest BCUT2D eigenvalue weighted by Gasteiger charge is -2.06. The Morgan fingerprint density at radius 3 is 2.70 bits per heavy atom. The van der Waals surface area contributed by atoms with Crippen LogP contribution >= 0.6 is 0 Å². The van der Waals surface area contributed by atoms with Gasteiger partial charge in [-0.05, 0) is 44.9 Å². The molecular weight excluding hydrogens is 344 g/mol. The molecule has 7 nitrogen and oxygen atoms in total. The van der Waals surface area contributed by atoms with Gasteiger partial charge >= 0.3 is 5.97 Å². The smallest absolute Gasteiger partial charge is 0.355 e. The third-order valence-corrected chi connectivity index (χ3v) is 4.46. The molecule has 0 aliphatic heterocycles. The van der Waals surface area contributed by atoms with Crippen LogP contribution in [-0.2, 0) is 11.2 Å². The van der Waals surface area contributed by atoms with Gasteiger partial charge in [0.15, 0.2) is 0 Å². The summed E-state index contributed by atoms with van der Waals surface area (Å²) in [4.78, 5) is 35.2. The average Bonchev–Trinajstić information content (AvgIpc) is 3.19. The number of carbonyl (C=O) groups excluding carboxylic acids is 2. The molecule has 0 atom stereocenters. The Morgan fingerprint density at radius 1 is 1.19 bits per heavy atom. The fraction of sp³-hybridized carbons (Fsp3) is 0.350. The van der Waals surface area contributed by atoms with Gasteiger partial charge in [0.1, 0.15) is 11.5 Å². The zero-order chi connectivity index (χ0) is 19.4. The summed E-state index contributed by atoms with van der Waals surface area (Å²) in [5, 5.41) is 2.92. The van der Waals surface area contributed by atoms with Crippen LogP contribution in [0.3, 0.4) is 0 Å². The highest BCUT2D eigenvalue weighted by molar-refractivity contribution is 6.01. The first-order chi connectivity index (χ1) is 13.0. The van der Waals surface area contributed by atoms with Crippen molar-refractivity contribution < 1.29 is 14.3 Å². The second-order valence-corrected chi connectivity index (χ2v) is 6.41. The molecule has 0 aliphatic rings. The molecule has 1 amide bonds. The summed E-state index contributed by atoms with van der Waals surface area (Å²) in [6.07, 6.45) is 1.51. The number of aromatic nitrogens is 3. The van der Waals surface area contributed by atoms with Crippen LogP contribution in [0.4, 0.5) is 0 Å². The quantitative estimate of drug-likeness (QED) is 0.441. The third kappa shape index (κ3) is 4.02. The number of benzene rings is 1. The van der Waals surface area contributed by atoms with Gasteiger partial charge in [0.2, 0.25) is 0 Å². The summed E-state index contributed by atoms with van der Waals surface area (Å²) < 4.78 is 5.02. The van der Waals surface area contributed by atoms with Crippen molar-refractivity contribution in [2.75, 3.05) is 13.2 Å². The van der Waals surface area contributed by atoms with E-state index in [1.54, 1.807) is 20.8 Å². The van der Waals surface area contributed by atoms with E-state index >= 15 is 0 Å². The largest absolute Gasteiger partial charge is 0.461 e. The summed E-state index contributed by atoms with van der Waals surface area (Å²) in [5.74, 6) is 0.271. The molecule has 0 fully saturated rings. The maximum atomic E-state index is 12.5. The van der Waals surface area contributed by atoms with E-state index in [4.69, 9.17) is 4.74 Å². The second kappa shape index (κ2) is 8.07. The first kappa shape index (κ1) is 18.7. The fourth-order valence-corrected chi connectivity index (χ4v) is 3.17. The number of aryl methyl sites for hydroxylation is 2. The number of esters is 1. The summed E-state index contributed by atoms with van der Waals surface area (Å²) in [5.41, 5.74) is 4.07. The molecule has 2 heterocycles. The van der Waals surface area contributed by atoms with E-state index in [1.165, 1.54) is 0 Å². The van der Waals surface area contributed by atoms with E-state index in [-0.39, 0.29) is 5.91 Å². The number of H-pyrrole nitrogens is 2. The Labute approximate surface area is 157 Å². The molecule has 3 aromatic rings. The molecule has 0 unspecified atom stereocenters. The van der Waals surface area contributed by atoms with Crippen molar-refractivity contribution in [2.24, 2.45) is 0 Å².